The highest BCUT2D eigenvalue weighted by atomic mass is 35.5. The Kier molecular flexibility index (Phi) is 4.28. The van der Waals surface area contributed by atoms with E-state index in [2.05, 4.69) is 25.4 Å². The predicted molar refractivity (Wildman–Crippen MR) is 92.2 cm³/mol. The number of pyridine rings is 1. The summed E-state index contributed by atoms with van der Waals surface area (Å²) in [6, 6.07) is 1.86. The van der Waals surface area contributed by atoms with Crippen LogP contribution in [0.15, 0.2) is 16.2 Å². The van der Waals surface area contributed by atoms with Crippen LogP contribution in [0.2, 0.25) is 5.15 Å². The molecule has 0 aliphatic heterocycles. The van der Waals surface area contributed by atoms with E-state index in [-0.39, 0.29) is 10.6 Å². The van der Waals surface area contributed by atoms with Gasteiger partial charge < -0.3 is 15.2 Å². The minimum absolute atomic E-state index is 0.0642. The maximum Gasteiger partial charge on any atom is 0.211 e. The zero-order valence-electron chi connectivity index (χ0n) is 12.3. The van der Waals surface area contributed by atoms with Crippen LogP contribution in [0.1, 0.15) is 6.42 Å². The molecule has 22 heavy (non-hydrogen) atoms. The average Bonchev–Trinajstić information content (AvgIpc) is 2.95. The van der Waals surface area contributed by atoms with Gasteiger partial charge in [0.25, 0.3) is 0 Å². The standard InChI is InChI=1S/C14H16ClN5OS/c1-20(2)6-3-5-16-14-9-10(13(15)18-19-14)17-8-4-7-22-12(8)11(9)21/h4,7H,3,5-6H2,1-2H3,(H,16,19)(H,17,21). The molecule has 0 spiro atoms. The fourth-order valence-corrected chi connectivity index (χ4v) is 3.28. The first kappa shape index (κ1) is 15.2. The third-order valence-corrected chi connectivity index (χ3v) is 4.54. The molecule has 0 aliphatic rings. The number of nitrogens with zero attached hydrogens (tertiary/aromatic N) is 3. The van der Waals surface area contributed by atoms with Crippen LogP contribution in [0.25, 0.3) is 21.1 Å². The smallest absolute Gasteiger partial charge is 0.211 e. The number of H-pyrrole nitrogens is 1. The normalized spacial score (nSPS) is 11.6. The van der Waals surface area contributed by atoms with E-state index in [9.17, 15) is 4.79 Å². The lowest BCUT2D eigenvalue weighted by Gasteiger charge is -2.11. The van der Waals surface area contributed by atoms with Crippen molar-refractivity contribution in [1.82, 2.24) is 20.1 Å². The molecule has 0 fully saturated rings. The molecule has 0 atom stereocenters. The van der Waals surface area contributed by atoms with Gasteiger partial charge in [0, 0.05) is 6.54 Å². The number of hydrogen-bond acceptors (Lipinski definition) is 6. The van der Waals surface area contributed by atoms with Crippen molar-refractivity contribution in [2.75, 3.05) is 32.5 Å². The average molecular weight is 338 g/mol. The second-order valence-electron chi connectivity index (χ2n) is 5.29. The largest absolute Gasteiger partial charge is 0.368 e. The van der Waals surface area contributed by atoms with Crippen LogP contribution < -0.4 is 10.7 Å². The van der Waals surface area contributed by atoms with E-state index in [4.69, 9.17) is 11.6 Å². The number of aromatic amines is 1. The first-order valence-corrected chi connectivity index (χ1v) is 8.17. The van der Waals surface area contributed by atoms with E-state index in [0.29, 0.717) is 28.0 Å². The lowest BCUT2D eigenvalue weighted by molar-refractivity contribution is 0.405. The third kappa shape index (κ3) is 2.79. The van der Waals surface area contributed by atoms with Crippen LogP contribution in [-0.2, 0) is 0 Å². The number of hydrogen-bond donors (Lipinski definition) is 2. The molecule has 0 unspecified atom stereocenters. The van der Waals surface area contributed by atoms with Crippen LogP contribution >= 0.6 is 22.9 Å². The summed E-state index contributed by atoms with van der Waals surface area (Å²) in [6.07, 6.45) is 0.942. The molecular weight excluding hydrogens is 322 g/mol. The van der Waals surface area contributed by atoms with Crippen molar-refractivity contribution >= 4 is 49.9 Å². The van der Waals surface area contributed by atoms with Crippen LogP contribution in [0, 0.1) is 0 Å². The number of halogens is 1. The molecule has 6 nitrogen and oxygen atoms in total. The lowest BCUT2D eigenvalue weighted by Crippen LogP contribution is -2.17. The Morgan fingerprint density at radius 2 is 2.23 bits per heavy atom. The minimum Gasteiger partial charge on any atom is -0.368 e. The second kappa shape index (κ2) is 6.20. The van der Waals surface area contributed by atoms with Crippen LogP contribution in [-0.4, -0.2) is 47.3 Å². The monoisotopic (exact) mass is 337 g/mol. The van der Waals surface area contributed by atoms with Crippen molar-refractivity contribution in [3.05, 3.63) is 26.8 Å². The molecule has 0 saturated heterocycles. The van der Waals surface area contributed by atoms with Gasteiger partial charge in [-0.15, -0.1) is 21.5 Å². The van der Waals surface area contributed by atoms with Gasteiger partial charge in [0.2, 0.25) is 5.43 Å². The summed E-state index contributed by atoms with van der Waals surface area (Å²) in [5, 5.41) is 13.7. The Labute approximate surface area is 136 Å². The molecule has 0 bridgehead atoms. The molecule has 3 heterocycles. The summed E-state index contributed by atoms with van der Waals surface area (Å²) in [7, 11) is 4.05. The molecule has 0 amide bonds. The Bertz CT molecular complexity index is 873. The van der Waals surface area contributed by atoms with Gasteiger partial charge in [-0.1, -0.05) is 11.6 Å². The number of anilines is 1. The molecule has 2 N–H and O–H groups in total. The number of thiophene rings is 1. The van der Waals surface area contributed by atoms with E-state index in [1.165, 1.54) is 11.3 Å². The Morgan fingerprint density at radius 3 is 3.00 bits per heavy atom. The Hall–Kier alpha value is -1.70. The molecule has 0 radical (unpaired) electrons. The van der Waals surface area contributed by atoms with Crippen molar-refractivity contribution in [3.63, 3.8) is 0 Å². The lowest BCUT2D eigenvalue weighted by atomic mass is 10.2. The second-order valence-corrected chi connectivity index (χ2v) is 6.56. The fraction of sp³-hybridized carbons (Fsp3) is 0.357. The maximum atomic E-state index is 12.7. The summed E-state index contributed by atoms with van der Waals surface area (Å²) in [6.45, 7) is 1.67. The van der Waals surface area contributed by atoms with E-state index < -0.39 is 0 Å². The van der Waals surface area contributed by atoms with Crippen molar-refractivity contribution in [2.24, 2.45) is 0 Å². The summed E-state index contributed by atoms with van der Waals surface area (Å²) < 4.78 is 0.674. The molecule has 0 saturated carbocycles. The van der Waals surface area contributed by atoms with Gasteiger partial charge in [0.15, 0.2) is 11.0 Å². The summed E-state index contributed by atoms with van der Waals surface area (Å²) in [4.78, 5) is 18.0. The summed E-state index contributed by atoms with van der Waals surface area (Å²) in [5.41, 5.74) is 1.24. The maximum absolute atomic E-state index is 12.7. The van der Waals surface area contributed by atoms with Crippen LogP contribution in [0.5, 0.6) is 0 Å². The van der Waals surface area contributed by atoms with Crippen molar-refractivity contribution in [2.45, 2.75) is 6.42 Å². The van der Waals surface area contributed by atoms with E-state index in [1.54, 1.807) is 0 Å². The molecule has 3 aromatic heterocycles. The fourth-order valence-electron chi connectivity index (χ4n) is 2.31. The summed E-state index contributed by atoms with van der Waals surface area (Å²) in [5.74, 6) is 0.481. The van der Waals surface area contributed by atoms with Gasteiger partial charge in [-0.05, 0) is 38.5 Å². The van der Waals surface area contributed by atoms with Gasteiger partial charge in [-0.2, -0.15) is 0 Å². The van der Waals surface area contributed by atoms with Crippen molar-refractivity contribution in [3.8, 4) is 0 Å². The molecule has 3 rings (SSSR count). The van der Waals surface area contributed by atoms with Crippen LogP contribution in [0.4, 0.5) is 5.82 Å². The minimum atomic E-state index is -0.0642. The van der Waals surface area contributed by atoms with Crippen LogP contribution in [0.3, 0.4) is 0 Å². The zero-order chi connectivity index (χ0) is 15.7. The summed E-state index contributed by atoms with van der Waals surface area (Å²) >= 11 is 7.50. The highest BCUT2D eigenvalue weighted by molar-refractivity contribution is 7.17. The molecule has 3 aromatic rings. The third-order valence-electron chi connectivity index (χ3n) is 3.36. The topological polar surface area (TPSA) is 73.9 Å². The van der Waals surface area contributed by atoms with Crippen molar-refractivity contribution < 1.29 is 0 Å². The first-order valence-electron chi connectivity index (χ1n) is 6.92. The highest BCUT2D eigenvalue weighted by Gasteiger charge is 2.15. The van der Waals surface area contributed by atoms with E-state index in [0.717, 1.165) is 18.5 Å². The Balaban J connectivity index is 2.03. The molecule has 0 aliphatic carbocycles. The SMILES string of the molecule is CN(C)CCCNc1nnc(Cl)c2[nH]c3ccsc3c(=O)c12. The molecule has 0 aromatic carbocycles. The predicted octanol–water partition coefficient (Wildman–Crippen LogP) is 2.55. The number of rotatable bonds is 5. The highest BCUT2D eigenvalue weighted by Crippen LogP contribution is 2.26. The molecule has 116 valence electrons. The number of fused-ring (bicyclic) bond motifs is 2. The number of nitrogens with one attached hydrogen (secondary N) is 2. The zero-order valence-corrected chi connectivity index (χ0v) is 13.9. The Morgan fingerprint density at radius 1 is 1.41 bits per heavy atom. The van der Waals surface area contributed by atoms with Crippen molar-refractivity contribution in [1.29, 1.82) is 0 Å². The van der Waals surface area contributed by atoms with E-state index >= 15 is 0 Å². The molecular formula is C14H16ClN5OS. The first-order chi connectivity index (χ1) is 10.6. The quantitative estimate of drug-likeness (QED) is 0.700. The molecule has 8 heteroatoms. The van der Waals surface area contributed by atoms with E-state index in [1.807, 2.05) is 25.5 Å². The van der Waals surface area contributed by atoms with Gasteiger partial charge >= 0.3 is 0 Å². The number of aromatic nitrogens is 3. The van der Waals surface area contributed by atoms with Gasteiger partial charge in [0.1, 0.15) is 0 Å². The van der Waals surface area contributed by atoms with Gasteiger partial charge in [0.05, 0.1) is 21.1 Å². The van der Waals surface area contributed by atoms with Gasteiger partial charge in [-0.3, -0.25) is 4.79 Å². The van der Waals surface area contributed by atoms with Gasteiger partial charge in [-0.25, -0.2) is 0 Å².